The Bertz CT molecular complexity index is 415. The second-order valence-corrected chi connectivity index (χ2v) is 6.48. The Labute approximate surface area is 105 Å². The molecule has 1 atom stereocenters. The SMILES string of the molecule is CNC(c1cnc(C)n1C)C1C(C)(C)C1(C)C. The van der Waals surface area contributed by atoms with E-state index < -0.39 is 0 Å². The molecule has 0 bridgehead atoms. The van der Waals surface area contributed by atoms with E-state index in [9.17, 15) is 0 Å². The molecule has 1 aliphatic rings. The van der Waals surface area contributed by atoms with Crippen molar-refractivity contribution in [3.8, 4) is 0 Å². The molecule has 1 aromatic heterocycles. The summed E-state index contributed by atoms with van der Waals surface area (Å²) in [7, 11) is 4.15. The lowest BCUT2D eigenvalue weighted by molar-refractivity contribution is 0.419. The van der Waals surface area contributed by atoms with Crippen LogP contribution in [-0.2, 0) is 7.05 Å². The van der Waals surface area contributed by atoms with E-state index in [2.05, 4.69) is 63.6 Å². The number of nitrogens with one attached hydrogen (secondary N) is 1. The Morgan fingerprint density at radius 2 is 1.82 bits per heavy atom. The van der Waals surface area contributed by atoms with Gasteiger partial charge in [0.1, 0.15) is 5.82 Å². The van der Waals surface area contributed by atoms with E-state index in [4.69, 9.17) is 0 Å². The predicted octanol–water partition coefficient (Wildman–Crippen LogP) is 2.67. The highest BCUT2D eigenvalue weighted by Crippen LogP contribution is 2.72. The molecule has 0 saturated heterocycles. The largest absolute Gasteiger partial charge is 0.334 e. The summed E-state index contributed by atoms with van der Waals surface area (Å²) in [4.78, 5) is 4.41. The Kier molecular flexibility index (Phi) is 2.66. The summed E-state index contributed by atoms with van der Waals surface area (Å²) in [5, 5.41) is 3.48. The van der Waals surface area contributed by atoms with Crippen molar-refractivity contribution < 1.29 is 0 Å². The van der Waals surface area contributed by atoms with Crippen LogP contribution in [0.2, 0.25) is 0 Å². The maximum atomic E-state index is 4.41. The van der Waals surface area contributed by atoms with Crippen molar-refractivity contribution in [1.29, 1.82) is 0 Å². The Morgan fingerprint density at radius 3 is 2.12 bits per heavy atom. The van der Waals surface area contributed by atoms with Crippen molar-refractivity contribution in [3.63, 3.8) is 0 Å². The van der Waals surface area contributed by atoms with Gasteiger partial charge >= 0.3 is 0 Å². The second-order valence-electron chi connectivity index (χ2n) is 6.48. The number of hydrogen-bond donors (Lipinski definition) is 1. The molecule has 1 N–H and O–H groups in total. The molecule has 1 saturated carbocycles. The number of hydrogen-bond acceptors (Lipinski definition) is 2. The lowest BCUT2D eigenvalue weighted by atomic mass is 10.0. The summed E-state index contributed by atoms with van der Waals surface area (Å²) in [6.07, 6.45) is 2.01. The molecular formula is C14H25N3. The van der Waals surface area contributed by atoms with E-state index in [-0.39, 0.29) is 0 Å². The fourth-order valence-corrected chi connectivity index (χ4v) is 3.37. The van der Waals surface area contributed by atoms with Gasteiger partial charge in [-0.15, -0.1) is 0 Å². The van der Waals surface area contributed by atoms with E-state index in [1.54, 1.807) is 0 Å². The minimum Gasteiger partial charge on any atom is -0.334 e. The third kappa shape index (κ3) is 1.55. The van der Waals surface area contributed by atoms with Crippen LogP contribution in [0.5, 0.6) is 0 Å². The normalized spacial score (nSPS) is 23.7. The highest BCUT2D eigenvalue weighted by atomic mass is 15.1. The Hall–Kier alpha value is -0.830. The van der Waals surface area contributed by atoms with E-state index in [1.165, 1.54) is 5.69 Å². The van der Waals surface area contributed by atoms with E-state index >= 15 is 0 Å². The van der Waals surface area contributed by atoms with Crippen molar-refractivity contribution in [2.75, 3.05) is 7.05 Å². The molecule has 0 amide bonds. The third-order valence-corrected chi connectivity index (χ3v) is 5.35. The first-order valence-corrected chi connectivity index (χ1v) is 6.40. The first-order valence-electron chi connectivity index (χ1n) is 6.40. The highest BCUT2D eigenvalue weighted by molar-refractivity contribution is 5.23. The van der Waals surface area contributed by atoms with Gasteiger partial charge in [-0.2, -0.15) is 0 Å². The third-order valence-electron chi connectivity index (χ3n) is 5.35. The molecule has 96 valence electrons. The molecule has 3 heteroatoms. The van der Waals surface area contributed by atoms with Gasteiger partial charge in [0.2, 0.25) is 0 Å². The number of nitrogens with zero attached hydrogens (tertiary/aromatic N) is 2. The number of imidazole rings is 1. The second kappa shape index (κ2) is 3.58. The number of aryl methyl sites for hydroxylation is 1. The first-order chi connectivity index (χ1) is 7.75. The van der Waals surface area contributed by atoms with Crippen molar-refractivity contribution in [1.82, 2.24) is 14.9 Å². The molecule has 1 aliphatic carbocycles. The Morgan fingerprint density at radius 1 is 1.29 bits per heavy atom. The Balaban J connectivity index is 2.34. The summed E-state index contributed by atoms with van der Waals surface area (Å²) in [5.41, 5.74) is 2.08. The van der Waals surface area contributed by atoms with E-state index in [0.717, 1.165) is 5.82 Å². The van der Waals surface area contributed by atoms with Gasteiger partial charge in [-0.3, -0.25) is 0 Å². The van der Waals surface area contributed by atoms with Crippen LogP contribution in [0.4, 0.5) is 0 Å². The lowest BCUT2D eigenvalue weighted by Crippen LogP contribution is -2.23. The van der Waals surface area contributed by atoms with Gasteiger partial charge < -0.3 is 9.88 Å². The quantitative estimate of drug-likeness (QED) is 0.873. The summed E-state index contributed by atoms with van der Waals surface area (Å²) in [5.74, 6) is 1.74. The van der Waals surface area contributed by atoms with Crippen LogP contribution in [0.1, 0.15) is 45.3 Å². The van der Waals surface area contributed by atoms with Crippen LogP contribution in [0.3, 0.4) is 0 Å². The van der Waals surface area contributed by atoms with Gasteiger partial charge in [-0.05, 0) is 30.7 Å². The summed E-state index contributed by atoms with van der Waals surface area (Å²) in [6.45, 7) is 11.5. The van der Waals surface area contributed by atoms with Crippen LogP contribution in [0.15, 0.2) is 6.20 Å². The van der Waals surface area contributed by atoms with Crippen LogP contribution >= 0.6 is 0 Å². The monoisotopic (exact) mass is 235 g/mol. The van der Waals surface area contributed by atoms with Gasteiger partial charge in [0.05, 0.1) is 17.9 Å². The van der Waals surface area contributed by atoms with Crippen molar-refractivity contribution in [2.24, 2.45) is 23.8 Å². The highest BCUT2D eigenvalue weighted by Gasteiger charge is 2.67. The molecule has 0 radical (unpaired) electrons. The standard InChI is InChI=1S/C14H25N3/c1-9-16-8-10(17(9)7)11(15-6)12-13(2,3)14(12,4)5/h8,11-12,15H,1-7H3. The zero-order valence-electron chi connectivity index (χ0n) is 12.1. The van der Waals surface area contributed by atoms with Crippen LogP contribution < -0.4 is 5.32 Å². The topological polar surface area (TPSA) is 29.9 Å². The van der Waals surface area contributed by atoms with Gasteiger partial charge in [0, 0.05) is 7.05 Å². The average Bonchev–Trinajstić information content (AvgIpc) is 2.52. The molecule has 0 aliphatic heterocycles. The first kappa shape index (κ1) is 12.6. The fourth-order valence-electron chi connectivity index (χ4n) is 3.37. The van der Waals surface area contributed by atoms with E-state index in [1.807, 2.05) is 6.20 Å². The lowest BCUT2D eigenvalue weighted by Gasteiger charge is -2.19. The molecule has 1 aromatic rings. The fraction of sp³-hybridized carbons (Fsp3) is 0.786. The zero-order valence-corrected chi connectivity index (χ0v) is 12.1. The van der Waals surface area contributed by atoms with Gasteiger partial charge in [-0.1, -0.05) is 27.7 Å². The molecule has 17 heavy (non-hydrogen) atoms. The minimum atomic E-state index is 0.388. The number of aromatic nitrogens is 2. The van der Waals surface area contributed by atoms with Crippen molar-refractivity contribution in [2.45, 2.75) is 40.7 Å². The molecule has 0 spiro atoms. The summed E-state index contributed by atoms with van der Waals surface area (Å²) in [6, 6.07) is 0.395. The van der Waals surface area contributed by atoms with Crippen LogP contribution in [0.25, 0.3) is 0 Å². The van der Waals surface area contributed by atoms with Crippen LogP contribution in [-0.4, -0.2) is 16.6 Å². The summed E-state index contributed by atoms with van der Waals surface area (Å²) < 4.78 is 2.20. The minimum absolute atomic E-state index is 0.388. The predicted molar refractivity (Wildman–Crippen MR) is 70.8 cm³/mol. The van der Waals surface area contributed by atoms with Crippen LogP contribution in [0, 0.1) is 23.7 Å². The molecule has 0 aromatic carbocycles. The van der Waals surface area contributed by atoms with Gasteiger partial charge in [0.15, 0.2) is 0 Å². The van der Waals surface area contributed by atoms with Gasteiger partial charge in [-0.25, -0.2) is 4.98 Å². The maximum Gasteiger partial charge on any atom is 0.105 e. The zero-order chi connectivity index (χ0) is 13.0. The maximum absolute atomic E-state index is 4.41. The molecule has 1 unspecified atom stereocenters. The van der Waals surface area contributed by atoms with E-state index in [0.29, 0.717) is 22.8 Å². The van der Waals surface area contributed by atoms with Crippen molar-refractivity contribution >= 4 is 0 Å². The average molecular weight is 235 g/mol. The molecule has 3 nitrogen and oxygen atoms in total. The van der Waals surface area contributed by atoms with Crippen molar-refractivity contribution in [3.05, 3.63) is 17.7 Å². The molecule has 1 fully saturated rings. The van der Waals surface area contributed by atoms with Gasteiger partial charge in [0.25, 0.3) is 0 Å². The number of rotatable bonds is 3. The molecular weight excluding hydrogens is 210 g/mol. The molecule has 1 heterocycles. The summed E-state index contributed by atoms with van der Waals surface area (Å²) >= 11 is 0. The smallest absolute Gasteiger partial charge is 0.105 e. The molecule has 2 rings (SSSR count).